The maximum atomic E-state index is 12.4. The van der Waals surface area contributed by atoms with Crippen LogP contribution in [0.3, 0.4) is 0 Å². The van der Waals surface area contributed by atoms with Crippen LogP contribution in [0.15, 0.2) is 60.7 Å². The Morgan fingerprint density at radius 1 is 1.15 bits per heavy atom. The fourth-order valence-corrected chi connectivity index (χ4v) is 3.44. The van der Waals surface area contributed by atoms with E-state index in [2.05, 4.69) is 15.5 Å². The number of anilines is 1. The lowest BCUT2D eigenvalue weighted by Crippen LogP contribution is -2.08. The first-order chi connectivity index (χ1) is 15.8. The van der Waals surface area contributed by atoms with Crippen LogP contribution in [0.5, 0.6) is 5.75 Å². The lowest BCUT2D eigenvalue weighted by atomic mass is 10.1. The van der Waals surface area contributed by atoms with Gasteiger partial charge in [0.05, 0.1) is 22.7 Å². The number of hydrogen-bond acceptors (Lipinski definition) is 6. The van der Waals surface area contributed by atoms with Crippen LogP contribution in [0.25, 0.3) is 22.8 Å². The Morgan fingerprint density at radius 3 is 2.61 bits per heavy atom. The second kappa shape index (κ2) is 9.09. The first kappa shape index (κ1) is 22.0. The third-order valence-corrected chi connectivity index (χ3v) is 5.15. The largest absolute Gasteiger partial charge is 0.495 e. The molecule has 0 radical (unpaired) electrons. The minimum absolute atomic E-state index is 0.0416. The summed E-state index contributed by atoms with van der Waals surface area (Å²) in [5, 5.41) is 23.1. The van der Waals surface area contributed by atoms with Crippen LogP contribution < -0.4 is 10.1 Å². The van der Waals surface area contributed by atoms with E-state index >= 15 is 0 Å². The number of halogens is 1. The van der Waals surface area contributed by atoms with Gasteiger partial charge in [0.15, 0.2) is 0 Å². The summed E-state index contributed by atoms with van der Waals surface area (Å²) in [7, 11) is 1.54. The minimum atomic E-state index is -0.483. The monoisotopic (exact) mass is 463 g/mol. The molecule has 1 heterocycles. The molecule has 4 rings (SSSR count). The molecular formula is C23H18ClN5O4. The molecule has 0 atom stereocenters. The molecule has 0 saturated carbocycles. The summed E-state index contributed by atoms with van der Waals surface area (Å²) in [6.45, 7) is 1.85. The SMILES string of the molecule is COc1ccc(-n2nc3cc(C)c(NC(=O)C=Cc4cccc([N+](=O)[O-])c4)cc3n2)cc1Cl. The number of nitro benzene ring substituents is 1. The van der Waals surface area contributed by atoms with E-state index in [1.54, 1.807) is 43.5 Å². The number of aryl methyl sites for hydroxylation is 1. The molecule has 0 aliphatic carbocycles. The predicted molar refractivity (Wildman–Crippen MR) is 126 cm³/mol. The molecule has 0 aliphatic rings. The molecule has 4 aromatic rings. The number of carbonyl (C=O) groups is 1. The Kier molecular flexibility index (Phi) is 6.05. The Hall–Kier alpha value is -4.24. The van der Waals surface area contributed by atoms with Gasteiger partial charge in [-0.05, 0) is 54.5 Å². The molecule has 0 aliphatic heterocycles. The fraction of sp³-hybridized carbons (Fsp3) is 0.0870. The summed E-state index contributed by atoms with van der Waals surface area (Å²) < 4.78 is 5.17. The summed E-state index contributed by atoms with van der Waals surface area (Å²) in [5.74, 6) is 0.175. The summed E-state index contributed by atoms with van der Waals surface area (Å²) in [6, 6.07) is 14.8. The van der Waals surface area contributed by atoms with Crippen LogP contribution in [-0.4, -0.2) is 32.9 Å². The van der Waals surface area contributed by atoms with Crippen molar-refractivity contribution in [3.8, 4) is 11.4 Å². The molecule has 0 bridgehead atoms. The van der Waals surface area contributed by atoms with E-state index < -0.39 is 4.92 Å². The maximum absolute atomic E-state index is 12.4. The van der Waals surface area contributed by atoms with Crippen molar-refractivity contribution in [3.63, 3.8) is 0 Å². The fourth-order valence-electron chi connectivity index (χ4n) is 3.19. The van der Waals surface area contributed by atoms with Crippen molar-refractivity contribution in [2.24, 2.45) is 0 Å². The van der Waals surface area contributed by atoms with E-state index in [-0.39, 0.29) is 11.6 Å². The molecule has 0 saturated heterocycles. The summed E-state index contributed by atoms with van der Waals surface area (Å²) in [4.78, 5) is 24.3. The van der Waals surface area contributed by atoms with Crippen LogP contribution in [0, 0.1) is 17.0 Å². The molecule has 166 valence electrons. The number of fused-ring (bicyclic) bond motifs is 1. The van der Waals surface area contributed by atoms with Crippen molar-refractivity contribution in [1.29, 1.82) is 0 Å². The van der Waals surface area contributed by atoms with Gasteiger partial charge in [0.2, 0.25) is 5.91 Å². The van der Waals surface area contributed by atoms with Crippen molar-refractivity contribution < 1.29 is 14.5 Å². The molecule has 10 heteroatoms. The molecule has 1 N–H and O–H groups in total. The van der Waals surface area contributed by atoms with Crippen molar-refractivity contribution in [3.05, 3.63) is 86.9 Å². The number of hydrogen-bond donors (Lipinski definition) is 1. The first-order valence-corrected chi connectivity index (χ1v) is 10.2. The number of nitrogens with zero attached hydrogens (tertiary/aromatic N) is 4. The summed E-state index contributed by atoms with van der Waals surface area (Å²) in [6.07, 6.45) is 2.83. The lowest BCUT2D eigenvalue weighted by Gasteiger charge is -2.05. The first-order valence-electron chi connectivity index (χ1n) is 9.79. The van der Waals surface area contributed by atoms with Gasteiger partial charge in [-0.3, -0.25) is 14.9 Å². The zero-order chi connectivity index (χ0) is 23.5. The maximum Gasteiger partial charge on any atom is 0.270 e. The number of amides is 1. The van der Waals surface area contributed by atoms with E-state index in [1.807, 2.05) is 13.0 Å². The standard InChI is InChI=1S/C23H18ClN5O4/c1-14-10-20-21(27-28(26-20)16-7-8-22(33-2)18(24)12-16)13-19(14)25-23(30)9-6-15-4-3-5-17(11-15)29(31)32/h3-13H,1-2H3,(H,25,30). The smallest absolute Gasteiger partial charge is 0.270 e. The van der Waals surface area contributed by atoms with Gasteiger partial charge in [-0.1, -0.05) is 23.7 Å². The average molecular weight is 464 g/mol. The zero-order valence-corrected chi connectivity index (χ0v) is 18.4. The Morgan fingerprint density at radius 2 is 1.91 bits per heavy atom. The Labute approximate surface area is 193 Å². The van der Waals surface area contributed by atoms with Crippen LogP contribution >= 0.6 is 11.6 Å². The quantitative estimate of drug-likeness (QED) is 0.246. The van der Waals surface area contributed by atoms with Crippen LogP contribution in [0.4, 0.5) is 11.4 Å². The molecule has 9 nitrogen and oxygen atoms in total. The summed E-state index contributed by atoms with van der Waals surface area (Å²) in [5.41, 5.74) is 3.80. The van der Waals surface area contributed by atoms with Crippen LogP contribution in [-0.2, 0) is 4.79 Å². The van der Waals surface area contributed by atoms with Crippen molar-refractivity contribution in [1.82, 2.24) is 15.0 Å². The van der Waals surface area contributed by atoms with Gasteiger partial charge in [0.25, 0.3) is 5.69 Å². The Bertz CT molecular complexity index is 1410. The number of rotatable bonds is 6. The highest BCUT2D eigenvalue weighted by atomic mass is 35.5. The van der Waals surface area contributed by atoms with Crippen molar-refractivity contribution >= 4 is 46.0 Å². The van der Waals surface area contributed by atoms with Gasteiger partial charge in [-0.15, -0.1) is 10.2 Å². The number of ether oxygens (including phenoxy) is 1. The highest BCUT2D eigenvalue weighted by Gasteiger charge is 2.11. The van der Waals surface area contributed by atoms with Crippen molar-refractivity contribution in [2.75, 3.05) is 12.4 Å². The zero-order valence-electron chi connectivity index (χ0n) is 17.7. The second-order valence-electron chi connectivity index (χ2n) is 7.14. The van der Waals surface area contributed by atoms with E-state index in [0.29, 0.717) is 38.7 Å². The van der Waals surface area contributed by atoms with E-state index in [4.69, 9.17) is 16.3 Å². The number of non-ortho nitro benzene ring substituents is 1. The van der Waals surface area contributed by atoms with Gasteiger partial charge in [0.1, 0.15) is 16.8 Å². The van der Waals surface area contributed by atoms with Gasteiger partial charge >= 0.3 is 0 Å². The number of carbonyl (C=O) groups excluding carboxylic acids is 1. The Balaban J connectivity index is 1.55. The third kappa shape index (κ3) is 4.83. The number of nitrogens with one attached hydrogen (secondary N) is 1. The van der Waals surface area contributed by atoms with Gasteiger partial charge < -0.3 is 10.1 Å². The number of aromatic nitrogens is 3. The molecule has 1 aromatic heterocycles. The topological polar surface area (TPSA) is 112 Å². The van der Waals surface area contributed by atoms with Crippen LogP contribution in [0.1, 0.15) is 11.1 Å². The molecular weight excluding hydrogens is 446 g/mol. The number of methoxy groups -OCH3 is 1. The predicted octanol–water partition coefficient (Wildman–Crippen LogP) is 4.95. The molecule has 33 heavy (non-hydrogen) atoms. The highest BCUT2D eigenvalue weighted by Crippen LogP contribution is 2.27. The normalized spacial score (nSPS) is 11.1. The van der Waals surface area contributed by atoms with E-state index in [1.165, 1.54) is 29.1 Å². The number of benzene rings is 3. The summed E-state index contributed by atoms with van der Waals surface area (Å²) >= 11 is 6.20. The number of nitro groups is 1. The second-order valence-corrected chi connectivity index (χ2v) is 7.55. The lowest BCUT2D eigenvalue weighted by molar-refractivity contribution is -0.384. The molecule has 0 unspecified atom stereocenters. The average Bonchev–Trinajstić information content (AvgIpc) is 3.20. The molecule has 0 fully saturated rings. The molecule has 1 amide bonds. The van der Waals surface area contributed by atoms with E-state index in [0.717, 1.165) is 5.56 Å². The third-order valence-electron chi connectivity index (χ3n) is 4.86. The van der Waals surface area contributed by atoms with Gasteiger partial charge in [0, 0.05) is 23.9 Å². The highest BCUT2D eigenvalue weighted by molar-refractivity contribution is 6.32. The molecule has 0 spiro atoms. The van der Waals surface area contributed by atoms with Gasteiger partial charge in [-0.25, -0.2) is 0 Å². The minimum Gasteiger partial charge on any atom is -0.495 e. The van der Waals surface area contributed by atoms with Crippen molar-refractivity contribution in [2.45, 2.75) is 6.92 Å². The van der Waals surface area contributed by atoms with E-state index in [9.17, 15) is 14.9 Å². The van der Waals surface area contributed by atoms with Crippen LogP contribution in [0.2, 0.25) is 5.02 Å². The molecule has 3 aromatic carbocycles. The van der Waals surface area contributed by atoms with Gasteiger partial charge in [-0.2, -0.15) is 4.80 Å².